The maximum absolute atomic E-state index is 12.9. The van der Waals surface area contributed by atoms with E-state index < -0.39 is 10.0 Å². The van der Waals surface area contributed by atoms with E-state index in [0.717, 1.165) is 0 Å². The van der Waals surface area contributed by atoms with Gasteiger partial charge in [0, 0.05) is 18.5 Å². The average Bonchev–Trinajstić information content (AvgIpc) is 3.04. The van der Waals surface area contributed by atoms with Crippen molar-refractivity contribution in [3.63, 3.8) is 0 Å². The van der Waals surface area contributed by atoms with Crippen LogP contribution in [0.4, 0.5) is 4.39 Å². The first kappa shape index (κ1) is 17.2. The fourth-order valence-corrected chi connectivity index (χ4v) is 3.38. The van der Waals surface area contributed by atoms with Crippen LogP contribution in [0.3, 0.4) is 0 Å². The number of nitrogens with one attached hydrogen (secondary N) is 1. The van der Waals surface area contributed by atoms with Crippen LogP contribution in [0.2, 0.25) is 0 Å². The van der Waals surface area contributed by atoms with Crippen LogP contribution < -0.4 is 4.72 Å². The summed E-state index contributed by atoms with van der Waals surface area (Å²) in [5.41, 5.74) is 1.34. The summed E-state index contributed by atoms with van der Waals surface area (Å²) in [5, 5.41) is 3.81. The topological polar surface area (TPSA) is 85.1 Å². The maximum atomic E-state index is 12.9. The molecule has 25 heavy (non-hydrogen) atoms. The Balaban J connectivity index is 1.55. The first-order valence-corrected chi connectivity index (χ1v) is 9.27. The van der Waals surface area contributed by atoms with Crippen molar-refractivity contribution in [2.75, 3.05) is 6.54 Å². The second kappa shape index (κ2) is 7.54. The zero-order valence-electron chi connectivity index (χ0n) is 13.2. The molecule has 1 heterocycles. The highest BCUT2D eigenvalue weighted by atomic mass is 32.2. The van der Waals surface area contributed by atoms with E-state index in [1.807, 2.05) is 6.07 Å². The molecule has 0 spiro atoms. The molecule has 0 radical (unpaired) electrons. The third-order valence-corrected chi connectivity index (χ3v) is 4.79. The van der Waals surface area contributed by atoms with Crippen molar-refractivity contribution in [1.29, 1.82) is 0 Å². The summed E-state index contributed by atoms with van der Waals surface area (Å²) in [6, 6.07) is 14.6. The minimum atomic E-state index is -3.44. The van der Waals surface area contributed by atoms with E-state index in [-0.39, 0.29) is 24.5 Å². The van der Waals surface area contributed by atoms with Gasteiger partial charge in [-0.25, -0.2) is 17.5 Å². The van der Waals surface area contributed by atoms with Crippen molar-refractivity contribution in [2.45, 2.75) is 12.2 Å². The molecule has 0 bridgehead atoms. The van der Waals surface area contributed by atoms with E-state index in [1.54, 1.807) is 36.4 Å². The summed E-state index contributed by atoms with van der Waals surface area (Å²) in [4.78, 5) is 4.18. The Hall–Kier alpha value is -2.58. The Morgan fingerprint density at radius 1 is 1.04 bits per heavy atom. The van der Waals surface area contributed by atoms with Crippen molar-refractivity contribution in [2.24, 2.45) is 0 Å². The van der Waals surface area contributed by atoms with Gasteiger partial charge in [0.05, 0.1) is 5.75 Å². The smallest absolute Gasteiger partial charge is 0.228 e. The van der Waals surface area contributed by atoms with Gasteiger partial charge in [-0.1, -0.05) is 35.5 Å². The standard InChI is InChI=1S/C17H16FN3O3S/c18-15-8-6-14(7-9-15)17-20-16(24-21-17)10-11-19-25(22,23)12-13-4-2-1-3-5-13/h1-9,19H,10-12H2. The van der Waals surface area contributed by atoms with E-state index >= 15 is 0 Å². The summed E-state index contributed by atoms with van der Waals surface area (Å²) in [5.74, 6) is 0.211. The third kappa shape index (κ3) is 4.94. The summed E-state index contributed by atoms with van der Waals surface area (Å²) in [7, 11) is -3.44. The summed E-state index contributed by atoms with van der Waals surface area (Å²) in [6.45, 7) is 0.153. The van der Waals surface area contributed by atoms with Gasteiger partial charge in [0.1, 0.15) is 5.82 Å². The maximum Gasteiger partial charge on any atom is 0.228 e. The first-order valence-electron chi connectivity index (χ1n) is 7.62. The van der Waals surface area contributed by atoms with E-state index in [9.17, 15) is 12.8 Å². The minimum absolute atomic E-state index is 0.0848. The van der Waals surface area contributed by atoms with E-state index in [2.05, 4.69) is 14.9 Å². The fourth-order valence-electron chi connectivity index (χ4n) is 2.23. The zero-order chi connectivity index (χ0) is 17.7. The predicted octanol–water partition coefficient (Wildman–Crippen LogP) is 2.54. The molecule has 0 aliphatic rings. The van der Waals surface area contributed by atoms with Gasteiger partial charge < -0.3 is 4.52 Å². The van der Waals surface area contributed by atoms with Crippen molar-refractivity contribution >= 4 is 10.0 Å². The van der Waals surface area contributed by atoms with E-state index in [0.29, 0.717) is 22.8 Å². The second-order valence-electron chi connectivity index (χ2n) is 5.41. The number of rotatable bonds is 7. The number of halogens is 1. The lowest BCUT2D eigenvalue weighted by Gasteiger charge is -2.05. The normalized spacial score (nSPS) is 11.6. The molecule has 3 aromatic rings. The molecule has 0 fully saturated rings. The molecule has 0 aliphatic carbocycles. The Labute approximate surface area is 144 Å². The Morgan fingerprint density at radius 2 is 1.76 bits per heavy atom. The van der Waals surface area contributed by atoms with Gasteiger partial charge in [-0.15, -0.1) is 0 Å². The van der Waals surface area contributed by atoms with Crippen molar-refractivity contribution in [3.8, 4) is 11.4 Å². The summed E-state index contributed by atoms with van der Waals surface area (Å²) in [6.07, 6.45) is 0.266. The molecule has 3 rings (SSSR count). The van der Waals surface area contributed by atoms with Gasteiger partial charge in [-0.3, -0.25) is 0 Å². The highest BCUT2D eigenvalue weighted by Crippen LogP contribution is 2.16. The molecule has 0 amide bonds. The molecule has 0 aliphatic heterocycles. The molecular weight excluding hydrogens is 345 g/mol. The quantitative estimate of drug-likeness (QED) is 0.699. The number of aromatic nitrogens is 2. The van der Waals surface area contributed by atoms with Crippen molar-refractivity contribution < 1.29 is 17.3 Å². The van der Waals surface area contributed by atoms with Crippen LogP contribution in [-0.2, 0) is 22.2 Å². The van der Waals surface area contributed by atoms with Gasteiger partial charge in [0.2, 0.25) is 21.7 Å². The van der Waals surface area contributed by atoms with Gasteiger partial charge in [-0.2, -0.15) is 4.98 Å². The molecule has 0 unspecified atom stereocenters. The van der Waals surface area contributed by atoms with E-state index in [4.69, 9.17) is 4.52 Å². The molecule has 1 N–H and O–H groups in total. The van der Waals surface area contributed by atoms with Crippen molar-refractivity contribution in [3.05, 3.63) is 71.9 Å². The minimum Gasteiger partial charge on any atom is -0.339 e. The van der Waals surface area contributed by atoms with Crippen LogP contribution in [-0.4, -0.2) is 25.1 Å². The fraction of sp³-hybridized carbons (Fsp3) is 0.176. The number of sulfonamides is 1. The predicted molar refractivity (Wildman–Crippen MR) is 90.5 cm³/mol. The van der Waals surface area contributed by atoms with Crippen LogP contribution in [0.15, 0.2) is 59.1 Å². The molecule has 0 saturated heterocycles. The number of hydrogen-bond donors (Lipinski definition) is 1. The Bertz CT molecular complexity index is 925. The van der Waals surface area contributed by atoms with Gasteiger partial charge in [0.25, 0.3) is 0 Å². The molecule has 8 heteroatoms. The van der Waals surface area contributed by atoms with E-state index in [1.165, 1.54) is 12.1 Å². The average molecular weight is 361 g/mol. The van der Waals surface area contributed by atoms with Gasteiger partial charge in [-0.05, 0) is 29.8 Å². The highest BCUT2D eigenvalue weighted by molar-refractivity contribution is 7.88. The second-order valence-corrected chi connectivity index (χ2v) is 7.21. The lowest BCUT2D eigenvalue weighted by Crippen LogP contribution is -2.27. The largest absolute Gasteiger partial charge is 0.339 e. The molecule has 0 atom stereocenters. The Kier molecular flexibility index (Phi) is 5.20. The monoisotopic (exact) mass is 361 g/mol. The van der Waals surface area contributed by atoms with Crippen LogP contribution in [0, 0.1) is 5.82 Å². The van der Waals surface area contributed by atoms with Gasteiger partial charge >= 0.3 is 0 Å². The first-order chi connectivity index (χ1) is 12.0. The molecule has 1 aromatic heterocycles. The van der Waals surface area contributed by atoms with Crippen LogP contribution in [0.1, 0.15) is 11.5 Å². The molecular formula is C17H16FN3O3S. The summed E-state index contributed by atoms with van der Waals surface area (Å²) < 4.78 is 44.6. The lowest BCUT2D eigenvalue weighted by atomic mass is 10.2. The number of hydrogen-bond acceptors (Lipinski definition) is 5. The molecule has 130 valence electrons. The number of benzene rings is 2. The van der Waals surface area contributed by atoms with Crippen molar-refractivity contribution in [1.82, 2.24) is 14.9 Å². The zero-order valence-corrected chi connectivity index (χ0v) is 14.0. The Morgan fingerprint density at radius 3 is 2.48 bits per heavy atom. The lowest BCUT2D eigenvalue weighted by molar-refractivity contribution is 0.379. The highest BCUT2D eigenvalue weighted by Gasteiger charge is 2.13. The van der Waals surface area contributed by atoms with Crippen LogP contribution in [0.25, 0.3) is 11.4 Å². The van der Waals surface area contributed by atoms with Gasteiger partial charge in [0.15, 0.2) is 0 Å². The van der Waals surface area contributed by atoms with Crippen LogP contribution >= 0.6 is 0 Å². The molecule has 0 saturated carbocycles. The number of nitrogens with zero attached hydrogens (tertiary/aromatic N) is 2. The summed E-state index contributed by atoms with van der Waals surface area (Å²) >= 11 is 0. The molecule has 6 nitrogen and oxygen atoms in total. The van der Waals surface area contributed by atoms with Crippen LogP contribution in [0.5, 0.6) is 0 Å². The molecule has 2 aromatic carbocycles. The SMILES string of the molecule is O=S(=O)(Cc1ccccc1)NCCc1nc(-c2ccc(F)cc2)no1. The third-order valence-electron chi connectivity index (χ3n) is 3.43.